The van der Waals surface area contributed by atoms with Crippen LogP contribution in [0, 0.1) is 0 Å². The Balaban J connectivity index is 1.85. The molecule has 1 aromatic rings. The lowest BCUT2D eigenvalue weighted by atomic mass is 10.1. The molecular weight excluding hydrogens is 284 g/mol. The molecule has 0 amide bonds. The molecule has 0 unspecified atom stereocenters. The van der Waals surface area contributed by atoms with Crippen LogP contribution in [0.1, 0.15) is 32.6 Å². The zero-order chi connectivity index (χ0) is 14.9. The lowest BCUT2D eigenvalue weighted by Crippen LogP contribution is -2.33. The van der Waals surface area contributed by atoms with Crippen LogP contribution in [-0.4, -0.2) is 53.9 Å². The van der Waals surface area contributed by atoms with E-state index in [0.29, 0.717) is 12.5 Å². The molecule has 0 bridgehead atoms. The number of hydrogen-bond donors (Lipinski definition) is 1. The maximum absolute atomic E-state index is 5.83. The Hall–Kier alpha value is -1.01. The summed E-state index contributed by atoms with van der Waals surface area (Å²) in [7, 11) is 0. The fraction of sp³-hybridized carbons (Fsp3) is 0.733. The van der Waals surface area contributed by atoms with Crippen molar-refractivity contribution in [1.29, 1.82) is 0 Å². The quantitative estimate of drug-likeness (QED) is 0.588. The third-order valence-electron chi connectivity index (χ3n) is 3.53. The Labute approximate surface area is 131 Å². The molecule has 0 aromatic carbocycles. The highest BCUT2D eigenvalue weighted by Gasteiger charge is 2.10. The molecule has 1 aliphatic rings. The molecule has 1 saturated heterocycles. The van der Waals surface area contributed by atoms with Crippen molar-refractivity contribution in [3.63, 3.8) is 0 Å². The topological polar surface area (TPSA) is 50.3 Å². The summed E-state index contributed by atoms with van der Waals surface area (Å²) in [5, 5.41) is 4.05. The van der Waals surface area contributed by atoms with Gasteiger partial charge in [-0.15, -0.1) is 0 Å². The van der Waals surface area contributed by atoms with Gasteiger partial charge in [0.1, 0.15) is 12.4 Å². The molecule has 0 spiro atoms. The van der Waals surface area contributed by atoms with Crippen molar-refractivity contribution in [2.24, 2.45) is 0 Å². The van der Waals surface area contributed by atoms with E-state index in [-0.39, 0.29) is 0 Å². The molecule has 118 valence electrons. The van der Waals surface area contributed by atoms with Crippen molar-refractivity contribution in [1.82, 2.24) is 14.9 Å². The molecule has 0 saturated carbocycles. The zero-order valence-electron chi connectivity index (χ0n) is 13.1. The first-order valence-corrected chi connectivity index (χ1v) is 9.06. The largest absolute Gasteiger partial charge is 0.476 e. The smallest absolute Gasteiger partial charge is 0.219 e. The molecule has 0 radical (unpaired) electrons. The number of ether oxygens (including phenoxy) is 1. The van der Waals surface area contributed by atoms with E-state index in [2.05, 4.69) is 27.1 Å². The van der Waals surface area contributed by atoms with E-state index in [0.717, 1.165) is 30.5 Å². The standard InChI is InChI=1S/C15H26N4OS/c1-3-7-16-13-12-14(18-15(17-13)21-2)20-11-10-19-8-5-4-6-9-19/h12H,3-11H2,1-2H3,(H,16,17,18). The number of rotatable bonds is 8. The van der Waals surface area contributed by atoms with Crippen LogP contribution in [0.25, 0.3) is 0 Å². The van der Waals surface area contributed by atoms with Gasteiger partial charge in [-0.05, 0) is 38.6 Å². The summed E-state index contributed by atoms with van der Waals surface area (Å²) in [5.74, 6) is 1.52. The number of likely N-dealkylation sites (tertiary alicyclic amines) is 1. The molecule has 21 heavy (non-hydrogen) atoms. The van der Waals surface area contributed by atoms with E-state index in [9.17, 15) is 0 Å². The van der Waals surface area contributed by atoms with Gasteiger partial charge in [-0.2, -0.15) is 4.98 Å². The number of anilines is 1. The second-order valence-electron chi connectivity index (χ2n) is 5.26. The van der Waals surface area contributed by atoms with Crippen LogP contribution in [0.4, 0.5) is 5.82 Å². The van der Waals surface area contributed by atoms with Gasteiger partial charge >= 0.3 is 0 Å². The molecule has 0 aliphatic carbocycles. The van der Waals surface area contributed by atoms with Crippen molar-refractivity contribution in [2.45, 2.75) is 37.8 Å². The highest BCUT2D eigenvalue weighted by molar-refractivity contribution is 7.98. The third-order valence-corrected chi connectivity index (χ3v) is 4.07. The van der Waals surface area contributed by atoms with Crippen molar-refractivity contribution < 1.29 is 4.74 Å². The van der Waals surface area contributed by atoms with Gasteiger partial charge in [0.25, 0.3) is 0 Å². The molecule has 5 nitrogen and oxygen atoms in total. The second-order valence-corrected chi connectivity index (χ2v) is 6.03. The Morgan fingerprint density at radius 3 is 2.81 bits per heavy atom. The molecule has 1 aromatic heterocycles. The predicted octanol–water partition coefficient (Wildman–Crippen LogP) is 2.89. The van der Waals surface area contributed by atoms with E-state index in [1.807, 2.05) is 12.3 Å². The number of nitrogens with one attached hydrogen (secondary N) is 1. The van der Waals surface area contributed by atoms with Gasteiger partial charge in [0.15, 0.2) is 5.16 Å². The van der Waals surface area contributed by atoms with Crippen LogP contribution in [0.5, 0.6) is 5.88 Å². The minimum Gasteiger partial charge on any atom is -0.476 e. The normalized spacial score (nSPS) is 15.9. The summed E-state index contributed by atoms with van der Waals surface area (Å²) in [6.45, 7) is 7.13. The van der Waals surface area contributed by atoms with Gasteiger partial charge in [-0.1, -0.05) is 25.1 Å². The van der Waals surface area contributed by atoms with Crippen molar-refractivity contribution in [3.8, 4) is 5.88 Å². The van der Waals surface area contributed by atoms with Gasteiger partial charge in [0, 0.05) is 19.2 Å². The van der Waals surface area contributed by atoms with Crippen LogP contribution < -0.4 is 10.1 Å². The number of piperidine rings is 1. The summed E-state index contributed by atoms with van der Waals surface area (Å²) in [5.41, 5.74) is 0. The number of aromatic nitrogens is 2. The summed E-state index contributed by atoms with van der Waals surface area (Å²) < 4.78 is 5.83. The van der Waals surface area contributed by atoms with Gasteiger partial charge < -0.3 is 10.1 Å². The van der Waals surface area contributed by atoms with Crippen LogP contribution in [0.3, 0.4) is 0 Å². The SMILES string of the molecule is CCCNc1cc(OCCN2CCCCC2)nc(SC)n1. The fourth-order valence-corrected chi connectivity index (χ4v) is 2.75. The average Bonchev–Trinajstić information content (AvgIpc) is 2.53. The van der Waals surface area contributed by atoms with E-state index in [4.69, 9.17) is 4.74 Å². The molecule has 1 N–H and O–H groups in total. The van der Waals surface area contributed by atoms with Gasteiger partial charge in [-0.3, -0.25) is 4.90 Å². The summed E-state index contributed by atoms with van der Waals surface area (Å²) in [4.78, 5) is 11.3. The second kappa shape index (κ2) is 9.10. The monoisotopic (exact) mass is 310 g/mol. The fourth-order valence-electron chi connectivity index (χ4n) is 2.37. The van der Waals surface area contributed by atoms with Gasteiger partial charge in [-0.25, -0.2) is 4.98 Å². The summed E-state index contributed by atoms with van der Waals surface area (Å²) in [6.07, 6.45) is 7.05. The Morgan fingerprint density at radius 2 is 2.10 bits per heavy atom. The molecule has 6 heteroatoms. The lowest BCUT2D eigenvalue weighted by molar-refractivity contribution is 0.180. The highest BCUT2D eigenvalue weighted by Crippen LogP contribution is 2.19. The van der Waals surface area contributed by atoms with E-state index >= 15 is 0 Å². The first-order chi connectivity index (χ1) is 10.3. The number of nitrogens with zero attached hydrogens (tertiary/aromatic N) is 3. The molecule has 1 aliphatic heterocycles. The van der Waals surface area contributed by atoms with Gasteiger partial charge in [0.2, 0.25) is 5.88 Å². The molecule has 2 rings (SSSR count). The summed E-state index contributed by atoms with van der Waals surface area (Å²) >= 11 is 1.54. The maximum atomic E-state index is 5.83. The predicted molar refractivity (Wildman–Crippen MR) is 88.4 cm³/mol. The van der Waals surface area contributed by atoms with Crippen LogP contribution >= 0.6 is 11.8 Å². The zero-order valence-corrected chi connectivity index (χ0v) is 13.9. The Bertz CT molecular complexity index is 424. The van der Waals surface area contributed by atoms with Crippen molar-refractivity contribution >= 4 is 17.6 Å². The highest BCUT2D eigenvalue weighted by atomic mass is 32.2. The Morgan fingerprint density at radius 1 is 1.29 bits per heavy atom. The van der Waals surface area contributed by atoms with Crippen LogP contribution in [-0.2, 0) is 0 Å². The first kappa shape index (κ1) is 16.4. The number of thioether (sulfide) groups is 1. The van der Waals surface area contributed by atoms with Gasteiger partial charge in [0.05, 0.1) is 0 Å². The van der Waals surface area contributed by atoms with E-state index in [1.54, 1.807) is 0 Å². The van der Waals surface area contributed by atoms with Crippen LogP contribution in [0.15, 0.2) is 11.2 Å². The number of hydrogen-bond acceptors (Lipinski definition) is 6. The maximum Gasteiger partial charge on any atom is 0.219 e. The van der Waals surface area contributed by atoms with Crippen LogP contribution in [0.2, 0.25) is 0 Å². The van der Waals surface area contributed by atoms with Crippen molar-refractivity contribution in [2.75, 3.05) is 44.4 Å². The molecule has 0 atom stereocenters. The Kier molecular flexibility index (Phi) is 7.09. The third kappa shape index (κ3) is 5.71. The summed E-state index contributed by atoms with van der Waals surface area (Å²) in [6, 6.07) is 1.89. The van der Waals surface area contributed by atoms with E-state index in [1.165, 1.54) is 44.1 Å². The molecule has 2 heterocycles. The first-order valence-electron chi connectivity index (χ1n) is 7.84. The minimum atomic E-state index is 0.671. The molecular formula is C15H26N4OS. The van der Waals surface area contributed by atoms with E-state index < -0.39 is 0 Å². The average molecular weight is 310 g/mol. The lowest BCUT2D eigenvalue weighted by Gasteiger charge is -2.26. The minimum absolute atomic E-state index is 0.671. The van der Waals surface area contributed by atoms with Crippen molar-refractivity contribution in [3.05, 3.63) is 6.07 Å². The molecule has 1 fully saturated rings.